The van der Waals surface area contributed by atoms with Gasteiger partial charge in [-0.1, -0.05) is 42.5 Å². The maximum absolute atomic E-state index is 12.2. The first-order valence-corrected chi connectivity index (χ1v) is 8.92. The van der Waals surface area contributed by atoms with Gasteiger partial charge in [0.2, 0.25) is 5.91 Å². The molecule has 0 fully saturated rings. The second kappa shape index (κ2) is 8.43. The maximum Gasteiger partial charge on any atom is 0.261 e. The van der Waals surface area contributed by atoms with E-state index in [9.17, 15) is 14.4 Å². The van der Waals surface area contributed by atoms with Gasteiger partial charge in [0.1, 0.15) is 0 Å². The van der Waals surface area contributed by atoms with Crippen molar-refractivity contribution < 1.29 is 14.4 Å². The van der Waals surface area contributed by atoms with Crippen LogP contribution in [0.3, 0.4) is 0 Å². The molecule has 3 amide bonds. The Bertz CT molecular complexity index is 767. The van der Waals surface area contributed by atoms with Gasteiger partial charge in [0.25, 0.3) is 11.8 Å². The maximum atomic E-state index is 12.2. The zero-order chi connectivity index (χ0) is 18.4. The van der Waals surface area contributed by atoms with Gasteiger partial charge in [0.05, 0.1) is 11.1 Å². The molecule has 0 aromatic heterocycles. The number of carbonyl (C=O) groups is 3. The third-order valence-electron chi connectivity index (χ3n) is 4.50. The van der Waals surface area contributed by atoms with Crippen LogP contribution in [0.25, 0.3) is 0 Å². The highest BCUT2D eigenvalue weighted by atomic mass is 16.2. The largest absolute Gasteiger partial charge is 0.356 e. The second-order valence-corrected chi connectivity index (χ2v) is 6.35. The van der Waals surface area contributed by atoms with E-state index in [0.29, 0.717) is 17.7 Å². The smallest absolute Gasteiger partial charge is 0.261 e. The molecule has 134 valence electrons. The molecule has 2 aromatic carbocycles. The van der Waals surface area contributed by atoms with Crippen LogP contribution in [0.4, 0.5) is 0 Å². The van der Waals surface area contributed by atoms with Crippen LogP contribution < -0.4 is 5.32 Å². The quantitative estimate of drug-likeness (QED) is 0.588. The normalized spacial score (nSPS) is 13.0. The van der Waals surface area contributed by atoms with Gasteiger partial charge >= 0.3 is 0 Å². The minimum atomic E-state index is -0.318. The molecular weight excluding hydrogens is 328 g/mol. The number of fused-ring (bicyclic) bond motifs is 1. The minimum Gasteiger partial charge on any atom is -0.356 e. The van der Waals surface area contributed by atoms with Crippen LogP contribution in [0.5, 0.6) is 0 Å². The Kier molecular flexibility index (Phi) is 5.79. The van der Waals surface area contributed by atoms with Gasteiger partial charge in [0, 0.05) is 19.5 Å². The molecule has 1 N–H and O–H groups in total. The van der Waals surface area contributed by atoms with E-state index in [0.717, 1.165) is 24.2 Å². The predicted octanol–water partition coefficient (Wildman–Crippen LogP) is 2.81. The summed E-state index contributed by atoms with van der Waals surface area (Å²) in [5.41, 5.74) is 2.13. The third kappa shape index (κ3) is 4.17. The van der Waals surface area contributed by atoms with Gasteiger partial charge in [0.15, 0.2) is 0 Å². The Balaban J connectivity index is 1.36. The summed E-state index contributed by atoms with van der Waals surface area (Å²) in [5, 5.41) is 2.86. The van der Waals surface area contributed by atoms with Crippen molar-refractivity contribution >= 4 is 17.7 Å². The topological polar surface area (TPSA) is 66.5 Å². The number of nitrogens with zero attached hydrogens (tertiary/aromatic N) is 1. The summed E-state index contributed by atoms with van der Waals surface area (Å²) < 4.78 is 0. The number of unbranched alkanes of at least 4 members (excludes halogenated alkanes) is 1. The first kappa shape index (κ1) is 17.9. The van der Waals surface area contributed by atoms with Crippen molar-refractivity contribution in [3.8, 4) is 0 Å². The Morgan fingerprint density at radius 1 is 0.846 bits per heavy atom. The molecule has 1 aliphatic heterocycles. The lowest BCUT2D eigenvalue weighted by molar-refractivity contribution is -0.121. The standard InChI is InChI=1S/C21H22N2O3/c24-19(22-14-7-6-10-16-8-2-1-3-9-16)13-15-23-20(25)17-11-4-5-12-18(17)21(23)26/h1-5,8-9,11-12H,6-7,10,13-15H2,(H,22,24). The molecule has 26 heavy (non-hydrogen) atoms. The average molecular weight is 350 g/mol. The molecule has 1 aliphatic rings. The van der Waals surface area contributed by atoms with E-state index in [-0.39, 0.29) is 30.7 Å². The van der Waals surface area contributed by atoms with Crippen LogP contribution in [0, 0.1) is 0 Å². The molecule has 1 heterocycles. The highest BCUT2D eigenvalue weighted by molar-refractivity contribution is 6.21. The fraction of sp³-hybridized carbons (Fsp3) is 0.286. The number of rotatable bonds is 8. The van der Waals surface area contributed by atoms with Crippen molar-refractivity contribution in [2.24, 2.45) is 0 Å². The summed E-state index contributed by atoms with van der Waals surface area (Å²) in [5.74, 6) is -0.774. The Labute approximate surface area is 153 Å². The number of benzene rings is 2. The van der Waals surface area contributed by atoms with Crippen molar-refractivity contribution in [2.45, 2.75) is 25.7 Å². The van der Waals surface area contributed by atoms with Gasteiger partial charge < -0.3 is 5.32 Å². The summed E-state index contributed by atoms with van der Waals surface area (Å²) in [6, 6.07) is 17.0. The van der Waals surface area contributed by atoms with Crippen LogP contribution in [0.2, 0.25) is 0 Å². The van der Waals surface area contributed by atoms with Crippen LogP contribution in [0.15, 0.2) is 54.6 Å². The van der Waals surface area contributed by atoms with E-state index in [1.807, 2.05) is 18.2 Å². The van der Waals surface area contributed by atoms with Crippen LogP contribution in [-0.2, 0) is 11.2 Å². The molecule has 0 bridgehead atoms. The monoisotopic (exact) mass is 350 g/mol. The fourth-order valence-corrected chi connectivity index (χ4v) is 3.07. The summed E-state index contributed by atoms with van der Waals surface area (Å²) in [4.78, 5) is 37.6. The molecule has 0 unspecified atom stereocenters. The summed E-state index contributed by atoms with van der Waals surface area (Å²) in [7, 11) is 0. The molecule has 5 heteroatoms. The fourth-order valence-electron chi connectivity index (χ4n) is 3.07. The SMILES string of the molecule is O=C(CCN1C(=O)c2ccccc2C1=O)NCCCCc1ccccc1. The number of hydrogen-bond acceptors (Lipinski definition) is 3. The molecule has 2 aromatic rings. The van der Waals surface area contributed by atoms with Crippen LogP contribution >= 0.6 is 0 Å². The first-order chi connectivity index (χ1) is 12.7. The highest BCUT2D eigenvalue weighted by Gasteiger charge is 2.34. The number of amides is 3. The Morgan fingerprint density at radius 2 is 1.46 bits per heavy atom. The summed E-state index contributed by atoms with van der Waals surface area (Å²) in [6.45, 7) is 0.718. The van der Waals surface area contributed by atoms with Crippen molar-refractivity contribution in [3.63, 3.8) is 0 Å². The molecular formula is C21H22N2O3. The van der Waals surface area contributed by atoms with Crippen molar-refractivity contribution in [1.29, 1.82) is 0 Å². The summed E-state index contributed by atoms with van der Waals surface area (Å²) in [6.07, 6.45) is 3.02. The van der Waals surface area contributed by atoms with E-state index in [1.165, 1.54) is 5.56 Å². The molecule has 0 spiro atoms. The zero-order valence-corrected chi connectivity index (χ0v) is 14.6. The molecule has 0 radical (unpaired) electrons. The number of imide groups is 1. The number of aryl methyl sites for hydroxylation is 1. The highest BCUT2D eigenvalue weighted by Crippen LogP contribution is 2.22. The lowest BCUT2D eigenvalue weighted by Crippen LogP contribution is -2.34. The Morgan fingerprint density at radius 3 is 2.12 bits per heavy atom. The van der Waals surface area contributed by atoms with Crippen LogP contribution in [-0.4, -0.2) is 35.7 Å². The molecule has 0 saturated heterocycles. The lowest BCUT2D eigenvalue weighted by Gasteiger charge is -2.13. The van der Waals surface area contributed by atoms with Crippen molar-refractivity contribution in [2.75, 3.05) is 13.1 Å². The third-order valence-corrected chi connectivity index (χ3v) is 4.50. The number of hydrogen-bond donors (Lipinski definition) is 1. The lowest BCUT2D eigenvalue weighted by atomic mass is 10.1. The van der Waals surface area contributed by atoms with Gasteiger partial charge in [-0.25, -0.2) is 0 Å². The van der Waals surface area contributed by atoms with E-state index in [4.69, 9.17) is 0 Å². The second-order valence-electron chi connectivity index (χ2n) is 6.35. The van der Waals surface area contributed by atoms with E-state index in [1.54, 1.807) is 24.3 Å². The number of nitrogens with one attached hydrogen (secondary N) is 1. The molecule has 0 aliphatic carbocycles. The predicted molar refractivity (Wildman–Crippen MR) is 98.8 cm³/mol. The van der Waals surface area contributed by atoms with E-state index >= 15 is 0 Å². The number of carbonyl (C=O) groups excluding carboxylic acids is 3. The van der Waals surface area contributed by atoms with E-state index < -0.39 is 0 Å². The molecule has 3 rings (SSSR count). The Hall–Kier alpha value is -2.95. The van der Waals surface area contributed by atoms with Gasteiger partial charge in [-0.3, -0.25) is 19.3 Å². The zero-order valence-electron chi connectivity index (χ0n) is 14.6. The van der Waals surface area contributed by atoms with Gasteiger partial charge in [-0.2, -0.15) is 0 Å². The van der Waals surface area contributed by atoms with E-state index in [2.05, 4.69) is 17.4 Å². The molecule has 0 saturated carbocycles. The molecule has 5 nitrogen and oxygen atoms in total. The summed E-state index contributed by atoms with van der Waals surface area (Å²) >= 11 is 0. The van der Waals surface area contributed by atoms with Crippen molar-refractivity contribution in [1.82, 2.24) is 10.2 Å². The van der Waals surface area contributed by atoms with Crippen LogP contribution in [0.1, 0.15) is 45.5 Å². The first-order valence-electron chi connectivity index (χ1n) is 8.92. The minimum absolute atomic E-state index is 0.113. The van der Waals surface area contributed by atoms with Crippen molar-refractivity contribution in [3.05, 3.63) is 71.3 Å². The average Bonchev–Trinajstić information content (AvgIpc) is 2.91. The molecule has 0 atom stereocenters. The van der Waals surface area contributed by atoms with Gasteiger partial charge in [-0.15, -0.1) is 0 Å². The van der Waals surface area contributed by atoms with Gasteiger partial charge in [-0.05, 0) is 37.0 Å².